The van der Waals surface area contributed by atoms with E-state index in [9.17, 15) is 9.59 Å². The first-order valence-corrected chi connectivity index (χ1v) is 7.38. The van der Waals surface area contributed by atoms with Gasteiger partial charge in [0.2, 0.25) is 11.8 Å². The minimum absolute atomic E-state index is 0.0856. The Balaban J connectivity index is 3.32. The van der Waals surface area contributed by atoms with Crippen molar-refractivity contribution in [2.24, 2.45) is 0 Å². The monoisotopic (exact) mass is 271 g/mol. The van der Waals surface area contributed by atoms with Crippen LogP contribution in [0.4, 0.5) is 0 Å². The van der Waals surface area contributed by atoms with Crippen molar-refractivity contribution in [3.8, 4) is 0 Å². The van der Waals surface area contributed by atoms with E-state index in [1.54, 1.807) is 0 Å². The van der Waals surface area contributed by atoms with Crippen LogP contribution in [0.2, 0.25) is 0 Å². The number of hydrogen-bond acceptors (Lipinski definition) is 3. The lowest BCUT2D eigenvalue weighted by Gasteiger charge is -2.05. The van der Waals surface area contributed by atoms with Gasteiger partial charge in [-0.3, -0.25) is 9.59 Å². The van der Waals surface area contributed by atoms with E-state index < -0.39 is 0 Å². The minimum atomic E-state index is 0.0856. The lowest BCUT2D eigenvalue weighted by atomic mass is 10.2. The Morgan fingerprint density at radius 2 is 1.32 bits per heavy atom. The Morgan fingerprint density at radius 1 is 0.789 bits per heavy atom. The summed E-state index contributed by atoms with van der Waals surface area (Å²) in [7, 11) is 1.90. The molecule has 19 heavy (non-hydrogen) atoms. The van der Waals surface area contributed by atoms with Crippen LogP contribution in [0.5, 0.6) is 0 Å². The fourth-order valence-corrected chi connectivity index (χ4v) is 1.65. The topological polar surface area (TPSA) is 70.2 Å². The van der Waals surface area contributed by atoms with Gasteiger partial charge >= 0.3 is 0 Å². The maximum Gasteiger partial charge on any atom is 0.219 e. The van der Waals surface area contributed by atoms with E-state index >= 15 is 0 Å². The molecule has 0 aromatic carbocycles. The molecule has 0 aromatic heterocycles. The van der Waals surface area contributed by atoms with Crippen molar-refractivity contribution in [3.05, 3.63) is 0 Å². The van der Waals surface area contributed by atoms with Gasteiger partial charge in [0.1, 0.15) is 0 Å². The highest BCUT2D eigenvalue weighted by molar-refractivity contribution is 5.77. The number of nitrogens with one attached hydrogen (secondary N) is 3. The van der Waals surface area contributed by atoms with Gasteiger partial charge < -0.3 is 16.0 Å². The van der Waals surface area contributed by atoms with E-state index in [0.29, 0.717) is 12.8 Å². The van der Waals surface area contributed by atoms with Gasteiger partial charge in [-0.25, -0.2) is 0 Å². The van der Waals surface area contributed by atoms with Crippen LogP contribution < -0.4 is 16.0 Å². The molecule has 5 nitrogen and oxygen atoms in total. The summed E-state index contributed by atoms with van der Waals surface area (Å²) in [6.07, 6.45) is 5.66. The molecule has 0 heterocycles. The molecule has 112 valence electrons. The molecule has 3 N–H and O–H groups in total. The number of carbonyl (C=O) groups is 2. The third-order valence-electron chi connectivity index (χ3n) is 2.84. The fourth-order valence-electron chi connectivity index (χ4n) is 1.65. The summed E-state index contributed by atoms with van der Waals surface area (Å²) in [6.45, 7) is 4.50. The van der Waals surface area contributed by atoms with Crippen molar-refractivity contribution in [1.29, 1.82) is 0 Å². The summed E-state index contributed by atoms with van der Waals surface area (Å²) in [5.74, 6) is 0.186. The first kappa shape index (κ1) is 17.9. The van der Waals surface area contributed by atoms with E-state index in [0.717, 1.165) is 51.7 Å². The number of unbranched alkanes of at least 4 members (excludes halogenated alkanes) is 2. The largest absolute Gasteiger partial charge is 0.356 e. The second kappa shape index (κ2) is 13.3. The van der Waals surface area contributed by atoms with E-state index in [2.05, 4.69) is 22.9 Å². The van der Waals surface area contributed by atoms with Gasteiger partial charge in [0.05, 0.1) is 0 Å². The van der Waals surface area contributed by atoms with Gasteiger partial charge in [-0.15, -0.1) is 0 Å². The summed E-state index contributed by atoms with van der Waals surface area (Å²) in [6, 6.07) is 0. The first-order valence-electron chi connectivity index (χ1n) is 7.38. The molecule has 0 atom stereocenters. The summed E-state index contributed by atoms with van der Waals surface area (Å²) in [4.78, 5) is 22.8. The van der Waals surface area contributed by atoms with Crippen LogP contribution in [0, 0.1) is 0 Å². The van der Waals surface area contributed by atoms with E-state index in [4.69, 9.17) is 0 Å². The fraction of sp³-hybridized carbons (Fsp3) is 0.857. The Hall–Kier alpha value is -1.10. The molecule has 0 bridgehead atoms. The average molecular weight is 271 g/mol. The molecule has 0 rings (SSSR count). The van der Waals surface area contributed by atoms with Gasteiger partial charge in [-0.05, 0) is 39.3 Å². The van der Waals surface area contributed by atoms with E-state index in [1.165, 1.54) is 0 Å². The molecule has 0 aliphatic heterocycles. The lowest BCUT2D eigenvalue weighted by molar-refractivity contribution is -0.123. The maximum absolute atomic E-state index is 11.4. The van der Waals surface area contributed by atoms with Crippen molar-refractivity contribution in [1.82, 2.24) is 16.0 Å². The van der Waals surface area contributed by atoms with Crippen LogP contribution in [0.3, 0.4) is 0 Å². The summed E-state index contributed by atoms with van der Waals surface area (Å²) in [5, 5.41) is 8.77. The zero-order chi connectivity index (χ0) is 14.3. The predicted octanol–water partition coefficient (Wildman–Crippen LogP) is 1.19. The predicted molar refractivity (Wildman–Crippen MR) is 77.9 cm³/mol. The first-order chi connectivity index (χ1) is 9.20. The Labute approximate surface area is 116 Å². The highest BCUT2D eigenvalue weighted by Gasteiger charge is 2.03. The van der Waals surface area contributed by atoms with Crippen molar-refractivity contribution in [3.63, 3.8) is 0 Å². The molecule has 0 saturated heterocycles. The second-order valence-electron chi connectivity index (χ2n) is 4.72. The van der Waals surface area contributed by atoms with Crippen molar-refractivity contribution >= 4 is 11.8 Å². The third kappa shape index (κ3) is 13.1. The molecule has 0 saturated carbocycles. The molecular weight excluding hydrogens is 242 g/mol. The van der Waals surface area contributed by atoms with Crippen LogP contribution in [-0.4, -0.2) is 38.5 Å². The minimum Gasteiger partial charge on any atom is -0.356 e. The summed E-state index contributed by atoms with van der Waals surface area (Å²) in [5.41, 5.74) is 0. The van der Waals surface area contributed by atoms with Crippen molar-refractivity contribution in [2.45, 2.75) is 51.9 Å². The SMILES string of the molecule is CCCCNC(=O)CCCCC(=O)NCCCNC. The van der Waals surface area contributed by atoms with Gasteiger partial charge in [-0.2, -0.15) is 0 Å². The summed E-state index contributed by atoms with van der Waals surface area (Å²) >= 11 is 0. The quantitative estimate of drug-likeness (QED) is 0.467. The van der Waals surface area contributed by atoms with Crippen LogP contribution in [-0.2, 0) is 9.59 Å². The Morgan fingerprint density at radius 3 is 1.79 bits per heavy atom. The van der Waals surface area contributed by atoms with E-state index in [-0.39, 0.29) is 11.8 Å². The number of amides is 2. The number of rotatable bonds is 12. The van der Waals surface area contributed by atoms with Crippen molar-refractivity contribution in [2.75, 3.05) is 26.7 Å². The zero-order valence-electron chi connectivity index (χ0n) is 12.4. The van der Waals surface area contributed by atoms with Crippen LogP contribution >= 0.6 is 0 Å². The average Bonchev–Trinajstić information content (AvgIpc) is 2.40. The van der Waals surface area contributed by atoms with E-state index in [1.807, 2.05) is 7.05 Å². The molecule has 0 fully saturated rings. The van der Waals surface area contributed by atoms with Crippen LogP contribution in [0.1, 0.15) is 51.9 Å². The molecule has 0 radical (unpaired) electrons. The van der Waals surface area contributed by atoms with Gasteiger partial charge in [0.15, 0.2) is 0 Å². The second-order valence-corrected chi connectivity index (χ2v) is 4.72. The molecule has 0 aliphatic carbocycles. The van der Waals surface area contributed by atoms with Crippen molar-refractivity contribution < 1.29 is 9.59 Å². The smallest absolute Gasteiger partial charge is 0.219 e. The van der Waals surface area contributed by atoms with Gasteiger partial charge in [-0.1, -0.05) is 13.3 Å². The molecule has 0 aromatic rings. The standard InChI is InChI=1S/C14H29N3O2/c1-3-4-11-16-13(18)8-5-6-9-14(19)17-12-7-10-15-2/h15H,3-12H2,1-2H3,(H,16,18)(H,17,19). The number of hydrogen-bond donors (Lipinski definition) is 3. The third-order valence-corrected chi connectivity index (χ3v) is 2.84. The normalized spacial score (nSPS) is 10.2. The zero-order valence-corrected chi connectivity index (χ0v) is 12.4. The molecule has 0 unspecified atom stereocenters. The highest BCUT2D eigenvalue weighted by atomic mass is 16.2. The highest BCUT2D eigenvalue weighted by Crippen LogP contribution is 2.00. The molecule has 2 amide bonds. The van der Waals surface area contributed by atoms with Crippen LogP contribution in [0.25, 0.3) is 0 Å². The molecule has 0 aliphatic rings. The molecule has 5 heteroatoms. The Bertz CT molecular complexity index is 245. The van der Waals surface area contributed by atoms with Gasteiger partial charge in [0.25, 0.3) is 0 Å². The summed E-state index contributed by atoms with van der Waals surface area (Å²) < 4.78 is 0. The maximum atomic E-state index is 11.4. The lowest BCUT2D eigenvalue weighted by Crippen LogP contribution is -2.26. The molecular formula is C14H29N3O2. The van der Waals surface area contributed by atoms with Crippen LogP contribution in [0.15, 0.2) is 0 Å². The number of carbonyl (C=O) groups excluding carboxylic acids is 2. The molecule has 0 spiro atoms. The van der Waals surface area contributed by atoms with Gasteiger partial charge in [0, 0.05) is 25.9 Å². The Kier molecular flexibility index (Phi) is 12.6.